The molecule has 2 heterocycles. The van der Waals surface area contributed by atoms with Gasteiger partial charge in [-0.15, -0.1) is 17.4 Å². The van der Waals surface area contributed by atoms with Gasteiger partial charge >= 0.3 is 0 Å². The molecule has 0 N–H and O–H groups in total. The zero-order chi connectivity index (χ0) is 16.5. The third-order valence-electron chi connectivity index (χ3n) is 3.86. The van der Waals surface area contributed by atoms with E-state index in [2.05, 4.69) is 26.3 Å². The molecular weight excluding hydrogens is 486 g/mol. The van der Waals surface area contributed by atoms with Gasteiger partial charge in [-0.25, -0.2) is 11.4 Å². The Morgan fingerprint density at radius 3 is 2.80 bits per heavy atom. The van der Waals surface area contributed by atoms with Crippen LogP contribution in [0.15, 0.2) is 12.1 Å². The number of anilines is 1. The van der Waals surface area contributed by atoms with Crippen LogP contribution < -0.4 is 5.01 Å². The van der Waals surface area contributed by atoms with Crippen molar-refractivity contribution in [3.63, 3.8) is 0 Å². The fourth-order valence-corrected chi connectivity index (χ4v) is 3.57. The van der Waals surface area contributed by atoms with Crippen molar-refractivity contribution in [1.29, 1.82) is 0 Å². The fourth-order valence-electron chi connectivity index (χ4n) is 2.55. The van der Waals surface area contributed by atoms with E-state index in [1.165, 1.54) is 24.1 Å². The Bertz CT molecular complexity index is 485. The monoisotopic (exact) mass is 514 g/mol. The van der Waals surface area contributed by atoms with Crippen molar-refractivity contribution in [3.8, 4) is 0 Å². The molecule has 136 valence electrons. The summed E-state index contributed by atoms with van der Waals surface area (Å²) in [4.78, 5) is 13.4. The number of amides is 1. The van der Waals surface area contributed by atoms with Crippen LogP contribution in [0.2, 0.25) is 0 Å². The van der Waals surface area contributed by atoms with Gasteiger partial charge in [0.25, 0.3) is 0 Å². The third-order valence-corrected chi connectivity index (χ3v) is 4.91. The second-order valence-electron chi connectivity index (χ2n) is 5.81. The normalized spacial score (nSPS) is 14.3. The van der Waals surface area contributed by atoms with Gasteiger partial charge in [0.2, 0.25) is 5.91 Å². The first-order chi connectivity index (χ1) is 11.3. The van der Waals surface area contributed by atoms with E-state index in [1.54, 1.807) is 16.3 Å². The van der Waals surface area contributed by atoms with Crippen molar-refractivity contribution in [3.05, 3.63) is 30.4 Å². The average Bonchev–Trinajstić information content (AvgIpc) is 3.15. The molecule has 4 nitrogen and oxygen atoms in total. The first-order valence-corrected chi connectivity index (χ1v) is 9.45. The number of hydrazine groups is 1. The summed E-state index contributed by atoms with van der Waals surface area (Å²) in [6, 6.07) is 4.15. The molecule has 7 heteroatoms. The minimum Gasteiger partial charge on any atom is -0.364 e. The van der Waals surface area contributed by atoms with Gasteiger partial charge in [0, 0.05) is 85.0 Å². The summed E-state index contributed by atoms with van der Waals surface area (Å²) in [7, 11) is 0. The van der Waals surface area contributed by atoms with Crippen molar-refractivity contribution in [2.24, 2.45) is 0 Å². The molecular formula is C18H28N2O2SY2-2. The molecule has 2 radical (unpaired) electrons. The van der Waals surface area contributed by atoms with Crippen LogP contribution in [0, 0.1) is 13.3 Å². The van der Waals surface area contributed by atoms with Gasteiger partial charge in [0.15, 0.2) is 0 Å². The van der Waals surface area contributed by atoms with E-state index < -0.39 is 0 Å². The molecule has 1 saturated heterocycles. The second kappa shape index (κ2) is 15.1. The maximum atomic E-state index is 12.2. The molecule has 25 heavy (non-hydrogen) atoms. The number of ether oxygens (including phenoxy) is 1. The first-order valence-electron chi connectivity index (χ1n) is 8.64. The van der Waals surface area contributed by atoms with Crippen LogP contribution in [-0.2, 0) is 74.9 Å². The van der Waals surface area contributed by atoms with Gasteiger partial charge in [-0.1, -0.05) is 32.6 Å². The summed E-state index contributed by atoms with van der Waals surface area (Å²) in [6.45, 7) is 7.93. The number of thiophene rings is 1. The molecule has 1 aliphatic heterocycles. The SMILES string of the molecule is [CH2-]CCCOCN1CCC(=O)N1c1ccc([CH-]CCCCC)s1.[Y].[Y]. The predicted octanol–water partition coefficient (Wildman–Crippen LogP) is 4.42. The Hall–Kier alpha value is 1.17. The summed E-state index contributed by atoms with van der Waals surface area (Å²) in [5, 5.41) is 4.78. The van der Waals surface area contributed by atoms with Crippen LogP contribution in [0.1, 0.15) is 56.7 Å². The Morgan fingerprint density at radius 2 is 2.08 bits per heavy atom. The fraction of sp³-hybridized carbons (Fsp3) is 0.611. The largest absolute Gasteiger partial charge is 0.364 e. The van der Waals surface area contributed by atoms with E-state index in [0.717, 1.165) is 30.8 Å². The summed E-state index contributed by atoms with van der Waals surface area (Å²) < 4.78 is 5.65. The molecule has 0 saturated carbocycles. The van der Waals surface area contributed by atoms with Gasteiger partial charge in [0.1, 0.15) is 6.73 Å². The van der Waals surface area contributed by atoms with E-state index in [-0.39, 0.29) is 71.3 Å². The quantitative estimate of drug-likeness (QED) is 0.324. The van der Waals surface area contributed by atoms with Crippen LogP contribution in [0.3, 0.4) is 0 Å². The van der Waals surface area contributed by atoms with Crippen molar-refractivity contribution in [2.45, 2.75) is 51.9 Å². The van der Waals surface area contributed by atoms with Crippen LogP contribution in [0.4, 0.5) is 5.00 Å². The molecule has 1 aromatic rings. The molecule has 0 unspecified atom stereocenters. The Morgan fingerprint density at radius 1 is 1.28 bits per heavy atom. The molecule has 1 amide bonds. The number of carbonyl (C=O) groups is 1. The molecule has 1 aromatic heterocycles. The van der Waals surface area contributed by atoms with Crippen LogP contribution in [-0.4, -0.2) is 30.8 Å². The minimum absolute atomic E-state index is 0. The second-order valence-corrected chi connectivity index (χ2v) is 6.90. The van der Waals surface area contributed by atoms with Crippen LogP contribution in [0.5, 0.6) is 0 Å². The maximum Gasteiger partial charge on any atom is 0.243 e. The minimum atomic E-state index is 0. The molecule has 0 aliphatic carbocycles. The summed E-state index contributed by atoms with van der Waals surface area (Å²) in [6.07, 6.45) is 9.54. The van der Waals surface area contributed by atoms with Gasteiger partial charge in [-0.3, -0.25) is 4.79 Å². The van der Waals surface area contributed by atoms with E-state index in [0.29, 0.717) is 19.8 Å². The maximum absolute atomic E-state index is 12.2. The zero-order valence-corrected chi connectivity index (χ0v) is 21.8. The van der Waals surface area contributed by atoms with Crippen molar-refractivity contribution in [1.82, 2.24) is 5.01 Å². The molecule has 0 atom stereocenters. The molecule has 1 fully saturated rings. The number of hydrogen-bond donors (Lipinski definition) is 0. The van der Waals surface area contributed by atoms with E-state index in [1.807, 2.05) is 11.1 Å². The van der Waals surface area contributed by atoms with Crippen molar-refractivity contribution in [2.75, 3.05) is 24.9 Å². The average molecular weight is 514 g/mol. The Kier molecular flexibility index (Phi) is 15.8. The van der Waals surface area contributed by atoms with E-state index in [9.17, 15) is 4.79 Å². The van der Waals surface area contributed by atoms with E-state index in [4.69, 9.17) is 4.74 Å². The predicted molar refractivity (Wildman–Crippen MR) is 96.1 cm³/mol. The third kappa shape index (κ3) is 8.81. The summed E-state index contributed by atoms with van der Waals surface area (Å²) >= 11 is 1.68. The molecule has 0 aromatic carbocycles. The van der Waals surface area contributed by atoms with E-state index >= 15 is 0 Å². The summed E-state index contributed by atoms with van der Waals surface area (Å²) in [5.41, 5.74) is 0. The number of unbranched alkanes of at least 4 members (excludes halogenated alkanes) is 4. The van der Waals surface area contributed by atoms with Crippen molar-refractivity contribution >= 4 is 22.2 Å². The number of carbonyl (C=O) groups excluding carboxylic acids is 1. The number of nitrogens with zero attached hydrogens (tertiary/aromatic N) is 2. The standard InChI is InChI=1S/C18H28N2O2S.2Y/c1-3-5-7-8-9-16-10-11-18(23-16)20-17(21)12-13-19(20)15-22-14-6-4-2;;/h9-11H,2-8,12-15H2,1H3;;/q-2;;. The molecule has 1 aliphatic rings. The summed E-state index contributed by atoms with van der Waals surface area (Å²) in [5.74, 6) is 0.158. The van der Waals surface area contributed by atoms with Crippen LogP contribution >= 0.6 is 11.3 Å². The van der Waals surface area contributed by atoms with Crippen molar-refractivity contribution < 1.29 is 74.9 Å². The zero-order valence-electron chi connectivity index (χ0n) is 15.3. The van der Waals surface area contributed by atoms with Gasteiger partial charge < -0.3 is 11.7 Å². The molecule has 0 bridgehead atoms. The van der Waals surface area contributed by atoms with Gasteiger partial charge in [-0.05, 0) is 0 Å². The number of hydrogen-bond acceptors (Lipinski definition) is 4. The topological polar surface area (TPSA) is 32.8 Å². The van der Waals surface area contributed by atoms with Crippen LogP contribution in [0.25, 0.3) is 0 Å². The number of rotatable bonds is 11. The Balaban J connectivity index is 0.00000288. The molecule has 0 spiro atoms. The first kappa shape index (κ1) is 26.2. The molecule has 2 rings (SSSR count). The smallest absolute Gasteiger partial charge is 0.243 e. The Labute approximate surface area is 207 Å². The van der Waals surface area contributed by atoms with Gasteiger partial charge in [0.05, 0.1) is 5.00 Å². The van der Waals surface area contributed by atoms with Gasteiger partial charge in [-0.2, -0.15) is 28.8 Å².